The van der Waals surface area contributed by atoms with Gasteiger partial charge >= 0.3 is 0 Å². The number of hydrogen-bond acceptors (Lipinski definition) is 2. The predicted octanol–water partition coefficient (Wildman–Crippen LogP) is 2.70. The molecule has 1 aromatic rings. The first kappa shape index (κ1) is 12.0. The second-order valence-corrected chi connectivity index (χ2v) is 4.12. The van der Waals surface area contributed by atoms with Gasteiger partial charge in [0, 0.05) is 0 Å². The fraction of sp³-hybridized carbons (Fsp3) is 0.500. The van der Waals surface area contributed by atoms with Gasteiger partial charge in [0.2, 0.25) is 0 Å². The summed E-state index contributed by atoms with van der Waals surface area (Å²) >= 11 is 0. The molecule has 1 N–H and O–H groups in total. The van der Waals surface area contributed by atoms with Gasteiger partial charge in [-0.05, 0) is 25.0 Å². The third-order valence-corrected chi connectivity index (χ3v) is 2.83. The third-order valence-electron chi connectivity index (χ3n) is 2.83. The highest BCUT2D eigenvalue weighted by Crippen LogP contribution is 2.36. The number of rotatable bonds is 3. The van der Waals surface area contributed by atoms with E-state index < -0.39 is 11.4 Å². The summed E-state index contributed by atoms with van der Waals surface area (Å²) in [5.41, 5.74) is -1.00. The minimum Gasteiger partial charge on any atom is -0.496 e. The van der Waals surface area contributed by atoms with E-state index >= 15 is 0 Å². The molecule has 1 atom stereocenters. The standard InChI is InChI=1S/C12H17FO2/c1-8(2)12(3,14)11-9(13)6-5-7-10(11)15-4/h5-8,14H,1-4H3. The number of ether oxygens (including phenoxy) is 1. The van der Waals surface area contributed by atoms with Crippen molar-refractivity contribution in [3.05, 3.63) is 29.6 Å². The quantitative estimate of drug-likeness (QED) is 0.834. The Hall–Kier alpha value is -1.09. The molecule has 1 rings (SSSR count). The van der Waals surface area contributed by atoms with Gasteiger partial charge in [-0.15, -0.1) is 0 Å². The third kappa shape index (κ3) is 2.12. The van der Waals surface area contributed by atoms with Gasteiger partial charge in [-0.1, -0.05) is 19.9 Å². The van der Waals surface area contributed by atoms with E-state index in [1.54, 1.807) is 19.1 Å². The Kier molecular flexibility index (Phi) is 3.35. The zero-order valence-corrected chi connectivity index (χ0v) is 9.54. The molecule has 0 saturated heterocycles. The van der Waals surface area contributed by atoms with E-state index in [4.69, 9.17) is 4.74 Å². The van der Waals surface area contributed by atoms with Gasteiger partial charge in [-0.2, -0.15) is 0 Å². The summed E-state index contributed by atoms with van der Waals surface area (Å²) in [6.07, 6.45) is 0. The Morgan fingerprint density at radius 2 is 2.00 bits per heavy atom. The van der Waals surface area contributed by atoms with E-state index in [2.05, 4.69) is 0 Å². The zero-order valence-electron chi connectivity index (χ0n) is 9.54. The summed E-state index contributed by atoms with van der Waals surface area (Å²) in [4.78, 5) is 0. The first-order valence-electron chi connectivity index (χ1n) is 4.96. The normalized spacial score (nSPS) is 15.1. The van der Waals surface area contributed by atoms with Crippen molar-refractivity contribution in [1.82, 2.24) is 0 Å². The lowest BCUT2D eigenvalue weighted by atomic mass is 9.84. The average Bonchev–Trinajstić information content (AvgIpc) is 2.16. The van der Waals surface area contributed by atoms with E-state index in [1.165, 1.54) is 13.2 Å². The van der Waals surface area contributed by atoms with Crippen molar-refractivity contribution in [2.24, 2.45) is 5.92 Å². The van der Waals surface area contributed by atoms with Crippen molar-refractivity contribution < 1.29 is 14.2 Å². The molecule has 0 aromatic heterocycles. The molecule has 0 bridgehead atoms. The van der Waals surface area contributed by atoms with Crippen molar-refractivity contribution in [2.45, 2.75) is 26.4 Å². The molecule has 0 aliphatic carbocycles. The number of hydrogen-bond donors (Lipinski definition) is 1. The number of halogens is 1. The zero-order chi connectivity index (χ0) is 11.6. The molecule has 84 valence electrons. The molecule has 3 heteroatoms. The summed E-state index contributed by atoms with van der Waals surface area (Å²) < 4.78 is 18.7. The number of methoxy groups -OCH3 is 1. The highest BCUT2D eigenvalue weighted by atomic mass is 19.1. The van der Waals surface area contributed by atoms with Gasteiger partial charge < -0.3 is 9.84 Å². The predicted molar refractivity (Wildman–Crippen MR) is 57.4 cm³/mol. The fourth-order valence-corrected chi connectivity index (χ4v) is 1.45. The van der Waals surface area contributed by atoms with Crippen LogP contribution in [0.15, 0.2) is 18.2 Å². The van der Waals surface area contributed by atoms with Crippen LogP contribution in [0.4, 0.5) is 4.39 Å². The molecule has 0 fully saturated rings. The molecule has 0 heterocycles. The van der Waals surface area contributed by atoms with Crippen LogP contribution < -0.4 is 4.74 Å². The van der Waals surface area contributed by atoms with Crippen LogP contribution in [-0.4, -0.2) is 12.2 Å². The molecular weight excluding hydrogens is 195 g/mol. The maximum atomic E-state index is 13.7. The topological polar surface area (TPSA) is 29.5 Å². The Bertz CT molecular complexity index is 345. The van der Waals surface area contributed by atoms with Crippen molar-refractivity contribution in [1.29, 1.82) is 0 Å². The molecule has 2 nitrogen and oxygen atoms in total. The summed E-state index contributed by atoms with van der Waals surface area (Å²) in [7, 11) is 1.47. The van der Waals surface area contributed by atoms with Gasteiger partial charge in [0.1, 0.15) is 11.6 Å². The van der Waals surface area contributed by atoms with Crippen LogP contribution in [0.25, 0.3) is 0 Å². The minimum atomic E-state index is -1.23. The van der Waals surface area contributed by atoms with E-state index in [0.717, 1.165) is 0 Å². The molecular formula is C12H17FO2. The van der Waals surface area contributed by atoms with E-state index in [-0.39, 0.29) is 11.5 Å². The van der Waals surface area contributed by atoms with Crippen molar-refractivity contribution >= 4 is 0 Å². The Morgan fingerprint density at radius 1 is 1.40 bits per heavy atom. The number of aliphatic hydroxyl groups is 1. The minimum absolute atomic E-state index is 0.0942. The SMILES string of the molecule is COc1cccc(F)c1C(C)(O)C(C)C. The highest BCUT2D eigenvalue weighted by molar-refractivity contribution is 5.39. The van der Waals surface area contributed by atoms with Gasteiger partial charge in [0.05, 0.1) is 18.3 Å². The lowest BCUT2D eigenvalue weighted by Crippen LogP contribution is -2.29. The van der Waals surface area contributed by atoms with Crippen molar-refractivity contribution in [3.8, 4) is 5.75 Å². The Morgan fingerprint density at radius 3 is 2.47 bits per heavy atom. The summed E-state index contributed by atoms with van der Waals surface area (Å²) in [6.45, 7) is 5.27. The molecule has 1 aromatic carbocycles. The lowest BCUT2D eigenvalue weighted by molar-refractivity contribution is 0.00357. The second-order valence-electron chi connectivity index (χ2n) is 4.12. The molecule has 15 heavy (non-hydrogen) atoms. The smallest absolute Gasteiger partial charge is 0.133 e. The maximum absolute atomic E-state index is 13.7. The molecule has 0 spiro atoms. The van der Waals surface area contributed by atoms with Gasteiger partial charge in [0.15, 0.2) is 0 Å². The Balaban J connectivity index is 3.34. The van der Waals surface area contributed by atoms with Crippen LogP contribution in [0.1, 0.15) is 26.3 Å². The Labute approximate surface area is 89.7 Å². The van der Waals surface area contributed by atoms with Crippen LogP contribution in [-0.2, 0) is 5.60 Å². The van der Waals surface area contributed by atoms with Crippen LogP contribution >= 0.6 is 0 Å². The summed E-state index contributed by atoms with van der Waals surface area (Å²) in [5.74, 6) is -0.148. The summed E-state index contributed by atoms with van der Waals surface area (Å²) in [6, 6.07) is 4.54. The lowest BCUT2D eigenvalue weighted by Gasteiger charge is -2.29. The first-order chi connectivity index (χ1) is 6.91. The van der Waals surface area contributed by atoms with Gasteiger partial charge in [-0.25, -0.2) is 4.39 Å². The molecule has 0 saturated carbocycles. The monoisotopic (exact) mass is 212 g/mol. The van der Waals surface area contributed by atoms with Crippen LogP contribution in [0.5, 0.6) is 5.75 Å². The second kappa shape index (κ2) is 4.19. The van der Waals surface area contributed by atoms with Crippen molar-refractivity contribution in [3.63, 3.8) is 0 Å². The molecule has 1 unspecified atom stereocenters. The average molecular weight is 212 g/mol. The van der Waals surface area contributed by atoms with Crippen LogP contribution in [0.2, 0.25) is 0 Å². The van der Waals surface area contributed by atoms with E-state index in [9.17, 15) is 9.50 Å². The van der Waals surface area contributed by atoms with Crippen LogP contribution in [0.3, 0.4) is 0 Å². The molecule has 0 aliphatic heterocycles. The molecule has 0 radical (unpaired) electrons. The largest absolute Gasteiger partial charge is 0.496 e. The first-order valence-corrected chi connectivity index (χ1v) is 4.96. The highest BCUT2D eigenvalue weighted by Gasteiger charge is 2.33. The van der Waals surface area contributed by atoms with Gasteiger partial charge in [-0.3, -0.25) is 0 Å². The van der Waals surface area contributed by atoms with Crippen molar-refractivity contribution in [2.75, 3.05) is 7.11 Å². The fourth-order valence-electron chi connectivity index (χ4n) is 1.45. The summed E-state index contributed by atoms with van der Waals surface area (Å²) in [5, 5.41) is 10.2. The van der Waals surface area contributed by atoms with E-state index in [1.807, 2.05) is 13.8 Å². The maximum Gasteiger partial charge on any atom is 0.133 e. The van der Waals surface area contributed by atoms with E-state index in [0.29, 0.717) is 5.75 Å². The van der Waals surface area contributed by atoms with Crippen LogP contribution in [0, 0.1) is 11.7 Å². The molecule has 0 amide bonds. The molecule has 0 aliphatic rings. The van der Waals surface area contributed by atoms with Gasteiger partial charge in [0.25, 0.3) is 0 Å². The number of benzene rings is 1.